The summed E-state index contributed by atoms with van der Waals surface area (Å²) in [6.07, 6.45) is 2.68. The smallest absolute Gasteiger partial charge is 0.285 e. The molecule has 24 heavy (non-hydrogen) atoms. The lowest BCUT2D eigenvalue weighted by atomic mass is 10.2. The van der Waals surface area contributed by atoms with Crippen molar-refractivity contribution in [2.24, 2.45) is 4.40 Å². The summed E-state index contributed by atoms with van der Waals surface area (Å²) in [5.74, 6) is 0. The summed E-state index contributed by atoms with van der Waals surface area (Å²) in [4.78, 5) is 0.656. The Bertz CT molecular complexity index is 1050. The van der Waals surface area contributed by atoms with Gasteiger partial charge in [-0.05, 0) is 36.2 Å². The van der Waals surface area contributed by atoms with Crippen LogP contribution in [0.25, 0.3) is 10.2 Å². The van der Waals surface area contributed by atoms with Crippen molar-refractivity contribution in [2.45, 2.75) is 24.8 Å². The minimum Gasteiger partial charge on any atom is -0.312 e. The Morgan fingerprint density at radius 1 is 1.21 bits per heavy atom. The highest BCUT2D eigenvalue weighted by Crippen LogP contribution is 2.20. The van der Waals surface area contributed by atoms with E-state index in [2.05, 4.69) is 30.0 Å². The molecule has 4 nitrogen and oxygen atoms in total. The summed E-state index contributed by atoms with van der Waals surface area (Å²) >= 11 is 1.38. The molecule has 0 fully saturated rings. The molecule has 1 aromatic heterocycles. The van der Waals surface area contributed by atoms with Crippen LogP contribution in [0.2, 0.25) is 0 Å². The Morgan fingerprint density at radius 3 is 2.62 bits per heavy atom. The van der Waals surface area contributed by atoms with Gasteiger partial charge in [0.25, 0.3) is 10.0 Å². The second kappa shape index (κ2) is 6.75. The molecule has 0 saturated heterocycles. The average molecular weight is 358 g/mol. The van der Waals surface area contributed by atoms with E-state index < -0.39 is 10.0 Å². The number of hydrogen-bond acceptors (Lipinski definition) is 3. The number of aryl methyl sites for hydroxylation is 1. The van der Waals surface area contributed by atoms with Crippen LogP contribution in [0.1, 0.15) is 12.5 Å². The Kier molecular flexibility index (Phi) is 4.69. The highest BCUT2D eigenvalue weighted by molar-refractivity contribution is 7.90. The second-order valence-electron chi connectivity index (χ2n) is 5.32. The fourth-order valence-corrected chi connectivity index (χ4v) is 4.79. The van der Waals surface area contributed by atoms with E-state index in [1.807, 2.05) is 10.6 Å². The lowest BCUT2D eigenvalue weighted by Crippen LogP contribution is -2.16. The molecule has 6 heteroatoms. The summed E-state index contributed by atoms with van der Waals surface area (Å²) in [5.41, 5.74) is 2.19. The van der Waals surface area contributed by atoms with Gasteiger partial charge in [-0.15, -0.1) is 11.0 Å². The maximum Gasteiger partial charge on any atom is 0.285 e. The van der Waals surface area contributed by atoms with Crippen molar-refractivity contribution < 1.29 is 8.42 Å². The number of thiazole rings is 1. The number of allylic oxidation sites excluding steroid dienone is 1. The van der Waals surface area contributed by atoms with Crippen LogP contribution in [-0.4, -0.2) is 13.0 Å². The minimum atomic E-state index is -3.74. The van der Waals surface area contributed by atoms with Crippen LogP contribution >= 0.6 is 11.3 Å². The fraction of sp³-hybridized carbons (Fsp3) is 0.167. The zero-order valence-electron chi connectivity index (χ0n) is 13.3. The molecule has 1 heterocycles. The van der Waals surface area contributed by atoms with Crippen molar-refractivity contribution in [1.29, 1.82) is 0 Å². The average Bonchev–Trinajstić information content (AvgIpc) is 2.92. The molecular formula is C18H18N2O2S2. The molecule has 3 rings (SSSR count). The largest absolute Gasteiger partial charge is 0.312 e. The first-order valence-corrected chi connectivity index (χ1v) is 9.90. The van der Waals surface area contributed by atoms with Crippen LogP contribution in [0, 0.1) is 0 Å². The standard InChI is InChI=1S/C18H18N2O2S2/c1-3-12-20-16-11-10-14(4-2)13-17(16)23-18(20)19-24(21,22)15-8-6-5-7-9-15/h3,5-11,13H,1,4,12H2,2H3. The predicted molar refractivity (Wildman–Crippen MR) is 98.6 cm³/mol. The molecule has 0 N–H and O–H groups in total. The van der Waals surface area contributed by atoms with E-state index in [0.29, 0.717) is 11.3 Å². The van der Waals surface area contributed by atoms with E-state index in [0.717, 1.165) is 16.6 Å². The van der Waals surface area contributed by atoms with Crippen molar-refractivity contribution in [3.63, 3.8) is 0 Å². The lowest BCUT2D eigenvalue weighted by molar-refractivity contribution is 0.596. The third-order valence-corrected chi connectivity index (χ3v) is 6.14. The van der Waals surface area contributed by atoms with Gasteiger partial charge in [-0.1, -0.05) is 48.6 Å². The molecule has 0 aliphatic rings. The summed E-state index contributed by atoms with van der Waals surface area (Å²) in [6.45, 7) is 6.37. The molecule has 124 valence electrons. The van der Waals surface area contributed by atoms with E-state index in [4.69, 9.17) is 0 Å². The maximum atomic E-state index is 12.6. The van der Waals surface area contributed by atoms with Gasteiger partial charge in [0.05, 0.1) is 15.1 Å². The molecule has 2 aromatic carbocycles. The number of benzene rings is 2. The van der Waals surface area contributed by atoms with Gasteiger partial charge in [-0.2, -0.15) is 8.42 Å². The third-order valence-electron chi connectivity index (χ3n) is 3.71. The highest BCUT2D eigenvalue weighted by Gasteiger charge is 2.14. The van der Waals surface area contributed by atoms with Crippen LogP contribution < -0.4 is 4.80 Å². The third kappa shape index (κ3) is 3.20. The number of sulfonamides is 1. The van der Waals surface area contributed by atoms with E-state index in [1.54, 1.807) is 36.4 Å². The first-order valence-electron chi connectivity index (χ1n) is 7.64. The Hall–Kier alpha value is -2.18. The number of aromatic nitrogens is 1. The van der Waals surface area contributed by atoms with Crippen molar-refractivity contribution in [3.8, 4) is 0 Å². The van der Waals surface area contributed by atoms with Crippen molar-refractivity contribution in [1.82, 2.24) is 4.57 Å². The van der Waals surface area contributed by atoms with Gasteiger partial charge < -0.3 is 4.57 Å². The quantitative estimate of drug-likeness (QED) is 0.652. The fourth-order valence-electron chi connectivity index (χ4n) is 2.46. The first-order chi connectivity index (χ1) is 11.5. The SMILES string of the molecule is C=CCn1c(=NS(=O)(=O)c2ccccc2)sc2cc(CC)ccc21. The zero-order chi connectivity index (χ0) is 17.2. The Balaban J connectivity index is 2.24. The van der Waals surface area contributed by atoms with Crippen molar-refractivity contribution in [2.75, 3.05) is 0 Å². The molecule has 0 atom stereocenters. The van der Waals surface area contributed by atoms with E-state index >= 15 is 0 Å². The van der Waals surface area contributed by atoms with Crippen molar-refractivity contribution in [3.05, 3.63) is 71.6 Å². The van der Waals surface area contributed by atoms with Gasteiger partial charge in [0, 0.05) is 6.54 Å². The van der Waals surface area contributed by atoms with Gasteiger partial charge in [-0.25, -0.2) is 0 Å². The summed E-state index contributed by atoms with van der Waals surface area (Å²) in [5, 5.41) is 0. The number of fused-ring (bicyclic) bond motifs is 1. The normalized spacial score (nSPS) is 12.6. The van der Waals surface area contributed by atoms with Crippen LogP contribution in [0.5, 0.6) is 0 Å². The van der Waals surface area contributed by atoms with Gasteiger partial charge >= 0.3 is 0 Å². The highest BCUT2D eigenvalue weighted by atomic mass is 32.2. The number of rotatable bonds is 5. The summed E-state index contributed by atoms with van der Waals surface area (Å²) in [6, 6.07) is 14.4. The van der Waals surface area contributed by atoms with Gasteiger partial charge in [0.15, 0.2) is 0 Å². The van der Waals surface area contributed by atoms with E-state index in [-0.39, 0.29) is 4.90 Å². The van der Waals surface area contributed by atoms with Crippen LogP contribution in [0.15, 0.2) is 70.5 Å². The monoisotopic (exact) mass is 358 g/mol. The lowest BCUT2D eigenvalue weighted by Gasteiger charge is -2.02. The van der Waals surface area contributed by atoms with E-state index in [9.17, 15) is 8.42 Å². The summed E-state index contributed by atoms with van der Waals surface area (Å²) in [7, 11) is -3.74. The molecule has 0 saturated carbocycles. The molecule has 3 aromatic rings. The number of hydrogen-bond donors (Lipinski definition) is 0. The Labute approximate surface area is 145 Å². The molecule has 0 spiro atoms. The molecule has 0 aliphatic carbocycles. The van der Waals surface area contributed by atoms with Crippen LogP contribution in [-0.2, 0) is 23.0 Å². The first kappa shape index (κ1) is 16.7. The molecule has 0 aliphatic heterocycles. The molecule has 0 amide bonds. The van der Waals surface area contributed by atoms with E-state index in [1.165, 1.54) is 16.9 Å². The van der Waals surface area contributed by atoms with Gasteiger partial charge in [0.2, 0.25) is 4.80 Å². The Morgan fingerprint density at radius 2 is 1.96 bits per heavy atom. The topological polar surface area (TPSA) is 51.4 Å². The van der Waals surface area contributed by atoms with Gasteiger partial charge in [-0.3, -0.25) is 0 Å². The summed E-state index contributed by atoms with van der Waals surface area (Å²) < 4.78 is 32.1. The van der Waals surface area contributed by atoms with Crippen LogP contribution in [0.3, 0.4) is 0 Å². The zero-order valence-corrected chi connectivity index (χ0v) is 15.0. The predicted octanol–water partition coefficient (Wildman–Crippen LogP) is 3.74. The molecule has 0 bridgehead atoms. The molecular weight excluding hydrogens is 340 g/mol. The van der Waals surface area contributed by atoms with Crippen LogP contribution in [0.4, 0.5) is 0 Å². The minimum absolute atomic E-state index is 0.196. The maximum absolute atomic E-state index is 12.6. The van der Waals surface area contributed by atoms with Gasteiger partial charge in [0.1, 0.15) is 0 Å². The number of nitrogens with zero attached hydrogens (tertiary/aromatic N) is 2. The molecule has 0 radical (unpaired) electrons. The van der Waals surface area contributed by atoms with Crippen molar-refractivity contribution >= 4 is 31.6 Å². The molecule has 0 unspecified atom stereocenters. The second-order valence-corrected chi connectivity index (χ2v) is 7.93.